The fourth-order valence-electron chi connectivity index (χ4n) is 2.76. The van der Waals surface area contributed by atoms with E-state index < -0.39 is 0 Å². The van der Waals surface area contributed by atoms with E-state index in [9.17, 15) is 4.79 Å². The first-order valence-corrected chi connectivity index (χ1v) is 11.1. The number of nitrogens with one attached hydrogen (secondary N) is 1. The summed E-state index contributed by atoms with van der Waals surface area (Å²) in [5.74, 6) is 0.716. The Morgan fingerprint density at radius 3 is 2.63 bits per heavy atom. The lowest BCUT2D eigenvalue weighted by Crippen LogP contribution is -2.19. The summed E-state index contributed by atoms with van der Waals surface area (Å²) in [4.78, 5) is 13.2. The standard InChI is InChI=1S/C22H19N5OS2/c1-16-9-11-17(12-10-16)21-25-26-22(27(21)18-6-3-2-4-7-18)30-15-20(28)24-23-14-19-8-5-13-29-19/h2-14H,15H2,1H3,(H,24,28)/b23-14+. The van der Waals surface area contributed by atoms with Crippen LogP contribution in [0.4, 0.5) is 0 Å². The van der Waals surface area contributed by atoms with Crippen LogP contribution in [0.1, 0.15) is 10.4 Å². The fraction of sp³-hybridized carbons (Fsp3) is 0.0909. The maximum Gasteiger partial charge on any atom is 0.250 e. The summed E-state index contributed by atoms with van der Waals surface area (Å²) in [6.45, 7) is 2.05. The van der Waals surface area contributed by atoms with Crippen LogP contribution in [0.3, 0.4) is 0 Å². The fourth-order valence-corrected chi connectivity index (χ4v) is 4.09. The zero-order valence-electron chi connectivity index (χ0n) is 16.2. The van der Waals surface area contributed by atoms with Crippen LogP contribution < -0.4 is 5.43 Å². The maximum atomic E-state index is 12.2. The van der Waals surface area contributed by atoms with Crippen molar-refractivity contribution in [2.24, 2.45) is 5.10 Å². The minimum absolute atomic E-state index is 0.181. The molecule has 0 fully saturated rings. The Hall–Kier alpha value is -3.23. The van der Waals surface area contributed by atoms with E-state index in [1.54, 1.807) is 17.6 Å². The van der Waals surface area contributed by atoms with Crippen LogP contribution in [0.2, 0.25) is 0 Å². The van der Waals surface area contributed by atoms with Crippen LogP contribution in [-0.2, 0) is 4.79 Å². The number of carbonyl (C=O) groups is 1. The highest BCUT2D eigenvalue weighted by Gasteiger charge is 2.17. The molecule has 0 unspecified atom stereocenters. The second kappa shape index (κ2) is 9.51. The van der Waals surface area contributed by atoms with Crippen molar-refractivity contribution >= 4 is 35.2 Å². The number of carbonyl (C=O) groups excluding carboxylic acids is 1. The molecule has 2 aromatic heterocycles. The summed E-state index contributed by atoms with van der Waals surface area (Å²) in [7, 11) is 0. The molecular weight excluding hydrogens is 414 g/mol. The van der Waals surface area contributed by atoms with Crippen molar-refractivity contribution in [1.82, 2.24) is 20.2 Å². The minimum atomic E-state index is -0.202. The van der Waals surface area contributed by atoms with Crippen molar-refractivity contribution in [3.8, 4) is 17.1 Å². The van der Waals surface area contributed by atoms with Gasteiger partial charge in [-0.25, -0.2) is 5.43 Å². The molecule has 0 aliphatic rings. The molecule has 6 nitrogen and oxygen atoms in total. The van der Waals surface area contributed by atoms with E-state index in [-0.39, 0.29) is 11.7 Å². The molecule has 1 amide bonds. The van der Waals surface area contributed by atoms with Gasteiger partial charge in [-0.05, 0) is 30.5 Å². The molecule has 2 aromatic carbocycles. The number of thiophene rings is 1. The first kappa shape index (κ1) is 20.1. The lowest BCUT2D eigenvalue weighted by atomic mass is 10.1. The molecule has 0 bridgehead atoms. The number of benzene rings is 2. The zero-order chi connectivity index (χ0) is 20.8. The topological polar surface area (TPSA) is 72.2 Å². The quantitative estimate of drug-likeness (QED) is 0.264. The van der Waals surface area contributed by atoms with Gasteiger partial charge in [-0.3, -0.25) is 9.36 Å². The van der Waals surface area contributed by atoms with Crippen LogP contribution in [-0.4, -0.2) is 32.6 Å². The molecule has 0 spiro atoms. The van der Waals surface area contributed by atoms with E-state index in [1.165, 1.54) is 17.3 Å². The van der Waals surface area contributed by atoms with Crippen LogP contribution in [0, 0.1) is 6.92 Å². The summed E-state index contributed by atoms with van der Waals surface area (Å²) in [6, 6.07) is 21.9. The molecule has 8 heteroatoms. The van der Waals surface area contributed by atoms with Gasteiger partial charge in [0.25, 0.3) is 5.91 Å². The van der Waals surface area contributed by atoms with Gasteiger partial charge in [0.05, 0.1) is 12.0 Å². The molecule has 0 aliphatic heterocycles. The lowest BCUT2D eigenvalue weighted by molar-refractivity contribution is -0.118. The lowest BCUT2D eigenvalue weighted by Gasteiger charge is -2.10. The van der Waals surface area contributed by atoms with Gasteiger partial charge in [-0.1, -0.05) is 65.9 Å². The molecule has 30 heavy (non-hydrogen) atoms. The van der Waals surface area contributed by atoms with Crippen molar-refractivity contribution in [3.63, 3.8) is 0 Å². The minimum Gasteiger partial charge on any atom is -0.272 e. The van der Waals surface area contributed by atoms with E-state index in [0.29, 0.717) is 5.16 Å². The number of hydrogen-bond acceptors (Lipinski definition) is 6. The molecule has 4 rings (SSSR count). The number of para-hydroxylation sites is 1. The average Bonchev–Trinajstić information content (AvgIpc) is 3.43. The third-order valence-corrected chi connectivity index (χ3v) is 5.95. The molecular formula is C22H19N5OS2. The molecule has 2 heterocycles. The molecule has 0 radical (unpaired) electrons. The predicted molar refractivity (Wildman–Crippen MR) is 122 cm³/mol. The molecule has 1 N–H and O–H groups in total. The van der Waals surface area contributed by atoms with Crippen molar-refractivity contribution in [2.45, 2.75) is 12.1 Å². The largest absolute Gasteiger partial charge is 0.272 e. The third kappa shape index (κ3) is 4.84. The molecule has 0 atom stereocenters. The summed E-state index contributed by atoms with van der Waals surface area (Å²) < 4.78 is 1.97. The van der Waals surface area contributed by atoms with Crippen LogP contribution >= 0.6 is 23.1 Å². The van der Waals surface area contributed by atoms with Gasteiger partial charge in [-0.2, -0.15) is 5.10 Å². The summed E-state index contributed by atoms with van der Waals surface area (Å²) in [6.07, 6.45) is 1.63. The number of hydrazone groups is 1. The van der Waals surface area contributed by atoms with Gasteiger partial charge >= 0.3 is 0 Å². The van der Waals surface area contributed by atoms with E-state index >= 15 is 0 Å². The van der Waals surface area contributed by atoms with E-state index in [2.05, 4.69) is 20.7 Å². The van der Waals surface area contributed by atoms with Gasteiger partial charge in [0.15, 0.2) is 11.0 Å². The van der Waals surface area contributed by atoms with Crippen LogP contribution in [0.15, 0.2) is 82.4 Å². The number of aromatic nitrogens is 3. The number of amides is 1. The molecule has 0 saturated carbocycles. The van der Waals surface area contributed by atoms with Crippen molar-refractivity contribution < 1.29 is 4.79 Å². The second-order valence-corrected chi connectivity index (χ2v) is 8.36. The Bertz CT molecular complexity index is 1140. The molecule has 150 valence electrons. The number of rotatable bonds is 7. The Morgan fingerprint density at radius 2 is 1.90 bits per heavy atom. The van der Waals surface area contributed by atoms with Gasteiger partial charge in [0.2, 0.25) is 0 Å². The van der Waals surface area contributed by atoms with E-state index in [0.717, 1.165) is 22.0 Å². The average molecular weight is 434 g/mol. The highest BCUT2D eigenvalue weighted by molar-refractivity contribution is 7.99. The number of aryl methyl sites for hydroxylation is 1. The Kier molecular flexibility index (Phi) is 6.36. The Morgan fingerprint density at radius 1 is 1.10 bits per heavy atom. The SMILES string of the molecule is Cc1ccc(-c2nnc(SCC(=O)N/N=C/c3cccs3)n2-c2ccccc2)cc1. The number of nitrogens with zero attached hydrogens (tertiary/aromatic N) is 4. The van der Waals surface area contributed by atoms with Gasteiger partial charge in [0, 0.05) is 16.1 Å². The van der Waals surface area contributed by atoms with Gasteiger partial charge in [-0.15, -0.1) is 21.5 Å². The summed E-state index contributed by atoms with van der Waals surface area (Å²) >= 11 is 2.88. The first-order valence-electron chi connectivity index (χ1n) is 9.27. The first-order chi connectivity index (χ1) is 14.7. The normalized spacial score (nSPS) is 11.1. The third-order valence-electron chi connectivity index (χ3n) is 4.21. The Labute approximate surface area is 182 Å². The Balaban J connectivity index is 1.53. The molecule has 4 aromatic rings. The zero-order valence-corrected chi connectivity index (χ0v) is 17.9. The predicted octanol–water partition coefficient (Wildman–Crippen LogP) is 4.55. The molecule has 0 saturated heterocycles. The van der Waals surface area contributed by atoms with E-state index in [4.69, 9.17) is 0 Å². The number of hydrogen-bond donors (Lipinski definition) is 1. The maximum absolute atomic E-state index is 12.2. The summed E-state index contributed by atoms with van der Waals surface area (Å²) in [5.41, 5.74) is 5.64. The smallest absolute Gasteiger partial charge is 0.250 e. The van der Waals surface area contributed by atoms with E-state index in [1.807, 2.05) is 83.6 Å². The van der Waals surface area contributed by atoms with Crippen molar-refractivity contribution in [2.75, 3.05) is 5.75 Å². The van der Waals surface area contributed by atoms with Crippen molar-refractivity contribution in [3.05, 3.63) is 82.6 Å². The second-order valence-electron chi connectivity index (χ2n) is 6.44. The van der Waals surface area contributed by atoms with Crippen LogP contribution in [0.25, 0.3) is 17.1 Å². The number of thioether (sulfide) groups is 1. The van der Waals surface area contributed by atoms with Crippen molar-refractivity contribution in [1.29, 1.82) is 0 Å². The van der Waals surface area contributed by atoms with Crippen LogP contribution in [0.5, 0.6) is 0 Å². The summed E-state index contributed by atoms with van der Waals surface area (Å²) in [5, 5.41) is 15.3. The highest BCUT2D eigenvalue weighted by atomic mass is 32.2. The van der Waals surface area contributed by atoms with Gasteiger partial charge < -0.3 is 0 Å². The highest BCUT2D eigenvalue weighted by Crippen LogP contribution is 2.28. The monoisotopic (exact) mass is 433 g/mol. The molecule has 0 aliphatic carbocycles. The van der Waals surface area contributed by atoms with Gasteiger partial charge in [0.1, 0.15) is 0 Å².